The normalized spacial score (nSPS) is 11.6. The van der Waals surface area contributed by atoms with Gasteiger partial charge in [-0.15, -0.1) is 0 Å². The number of carbonyl (C=O) groups is 1. The van der Waals surface area contributed by atoms with Gasteiger partial charge in [0.05, 0.1) is 0 Å². The molecule has 0 aliphatic carbocycles. The first-order chi connectivity index (χ1) is 14.7. The van der Waals surface area contributed by atoms with E-state index in [-0.39, 0.29) is 11.9 Å². The summed E-state index contributed by atoms with van der Waals surface area (Å²) in [5.41, 5.74) is 2.58. The van der Waals surface area contributed by atoms with E-state index < -0.39 is 0 Å². The molecule has 5 heteroatoms. The van der Waals surface area contributed by atoms with Gasteiger partial charge in [0.15, 0.2) is 0 Å². The van der Waals surface area contributed by atoms with Crippen molar-refractivity contribution in [3.05, 3.63) is 120 Å². The summed E-state index contributed by atoms with van der Waals surface area (Å²) in [5, 5.41) is 3.12. The molecule has 1 heterocycles. The highest BCUT2D eigenvalue weighted by atomic mass is 16.5. The van der Waals surface area contributed by atoms with Gasteiger partial charge in [-0.1, -0.05) is 66.7 Å². The highest BCUT2D eigenvalue weighted by molar-refractivity contribution is 5.95. The average Bonchev–Trinajstić information content (AvgIpc) is 3.23. The second kappa shape index (κ2) is 9.09. The smallest absolute Gasteiger partial charge is 0.252 e. The van der Waals surface area contributed by atoms with Crippen molar-refractivity contribution in [1.29, 1.82) is 0 Å². The lowest BCUT2D eigenvalue weighted by Crippen LogP contribution is -2.31. The van der Waals surface area contributed by atoms with Gasteiger partial charge >= 0.3 is 0 Å². The van der Waals surface area contributed by atoms with Crippen LogP contribution < -0.4 is 10.1 Å². The van der Waals surface area contributed by atoms with E-state index in [4.69, 9.17) is 4.74 Å². The summed E-state index contributed by atoms with van der Waals surface area (Å²) in [6.07, 6.45) is 3.60. The van der Waals surface area contributed by atoms with Crippen LogP contribution in [0.2, 0.25) is 0 Å². The largest absolute Gasteiger partial charge is 0.489 e. The van der Waals surface area contributed by atoms with E-state index >= 15 is 0 Å². The van der Waals surface area contributed by atoms with Crippen LogP contribution in [-0.2, 0) is 13.7 Å². The Kier molecular flexibility index (Phi) is 5.90. The molecule has 0 saturated carbocycles. The fourth-order valence-corrected chi connectivity index (χ4v) is 3.28. The number of hydrogen-bond acceptors (Lipinski definition) is 3. The third kappa shape index (κ3) is 4.58. The number of amides is 1. The Balaban J connectivity index is 1.52. The summed E-state index contributed by atoms with van der Waals surface area (Å²) in [5.74, 6) is 1.24. The molecule has 4 rings (SSSR count). The number of aromatic nitrogens is 2. The fourth-order valence-electron chi connectivity index (χ4n) is 3.28. The second-order valence-electron chi connectivity index (χ2n) is 7.02. The zero-order valence-electron chi connectivity index (χ0n) is 16.7. The Labute approximate surface area is 176 Å². The number of carbonyl (C=O) groups excluding carboxylic acids is 1. The summed E-state index contributed by atoms with van der Waals surface area (Å²) in [6.45, 7) is 0.450. The maximum atomic E-state index is 13.1. The van der Waals surface area contributed by atoms with Gasteiger partial charge in [0.25, 0.3) is 5.91 Å². The predicted octanol–water partition coefficient (Wildman–Crippen LogP) is 4.52. The Morgan fingerprint density at radius 3 is 2.43 bits per heavy atom. The monoisotopic (exact) mass is 397 g/mol. The van der Waals surface area contributed by atoms with Crippen molar-refractivity contribution in [3.63, 3.8) is 0 Å². The predicted molar refractivity (Wildman–Crippen MR) is 116 cm³/mol. The van der Waals surface area contributed by atoms with Crippen LogP contribution >= 0.6 is 0 Å². The molecule has 0 radical (unpaired) electrons. The Morgan fingerprint density at radius 1 is 1.00 bits per heavy atom. The van der Waals surface area contributed by atoms with Crippen molar-refractivity contribution >= 4 is 5.91 Å². The van der Waals surface area contributed by atoms with Crippen molar-refractivity contribution < 1.29 is 9.53 Å². The van der Waals surface area contributed by atoms with Gasteiger partial charge in [-0.2, -0.15) is 0 Å². The van der Waals surface area contributed by atoms with Crippen molar-refractivity contribution in [2.75, 3.05) is 0 Å². The fraction of sp³-hybridized carbons (Fsp3) is 0.120. The SMILES string of the molecule is Cn1ccnc1[C@H](NC(=O)c1cccc(OCc2ccccc2)c1)c1ccccc1. The van der Waals surface area contributed by atoms with Crippen LogP contribution in [0.5, 0.6) is 5.75 Å². The van der Waals surface area contributed by atoms with Crippen molar-refractivity contribution in [3.8, 4) is 5.75 Å². The minimum atomic E-state index is -0.354. The van der Waals surface area contributed by atoms with Crippen LogP contribution in [-0.4, -0.2) is 15.5 Å². The van der Waals surface area contributed by atoms with Crippen LogP contribution in [0, 0.1) is 0 Å². The molecule has 3 aromatic carbocycles. The highest BCUT2D eigenvalue weighted by Gasteiger charge is 2.21. The molecule has 0 fully saturated rings. The van der Waals surface area contributed by atoms with E-state index in [1.54, 1.807) is 18.3 Å². The molecule has 0 aliphatic heterocycles. The van der Waals surface area contributed by atoms with Crippen molar-refractivity contribution in [2.45, 2.75) is 12.6 Å². The molecule has 1 aromatic heterocycles. The first kappa shape index (κ1) is 19.5. The van der Waals surface area contributed by atoms with Gasteiger partial charge in [0.2, 0.25) is 0 Å². The summed E-state index contributed by atoms with van der Waals surface area (Å²) in [6, 6.07) is 26.6. The molecule has 1 amide bonds. The summed E-state index contributed by atoms with van der Waals surface area (Å²) >= 11 is 0. The standard InChI is InChI=1S/C25H23N3O2/c1-28-16-15-26-24(28)23(20-11-6-3-7-12-20)27-25(29)21-13-8-14-22(17-21)30-18-19-9-4-2-5-10-19/h2-17,23H,18H2,1H3,(H,27,29)/t23-/m1/s1. The Bertz CT molecular complexity index is 1110. The van der Waals surface area contributed by atoms with E-state index in [0.29, 0.717) is 17.9 Å². The molecule has 1 N–H and O–H groups in total. The van der Waals surface area contributed by atoms with E-state index in [9.17, 15) is 4.79 Å². The highest BCUT2D eigenvalue weighted by Crippen LogP contribution is 2.22. The molecule has 4 aromatic rings. The van der Waals surface area contributed by atoms with E-state index in [2.05, 4.69) is 10.3 Å². The molecular formula is C25H23N3O2. The topological polar surface area (TPSA) is 56.2 Å². The number of hydrogen-bond donors (Lipinski definition) is 1. The van der Waals surface area contributed by atoms with Gasteiger partial charge in [0.1, 0.15) is 24.2 Å². The maximum absolute atomic E-state index is 13.1. The molecule has 0 aliphatic rings. The average molecular weight is 397 g/mol. The molecular weight excluding hydrogens is 374 g/mol. The van der Waals surface area contributed by atoms with E-state index in [0.717, 1.165) is 17.0 Å². The molecule has 30 heavy (non-hydrogen) atoms. The van der Waals surface area contributed by atoms with Crippen molar-refractivity contribution in [2.24, 2.45) is 7.05 Å². The maximum Gasteiger partial charge on any atom is 0.252 e. The van der Waals surface area contributed by atoms with Gasteiger partial charge in [-0.05, 0) is 29.3 Å². The second-order valence-corrected chi connectivity index (χ2v) is 7.02. The number of nitrogens with one attached hydrogen (secondary N) is 1. The molecule has 150 valence electrons. The molecule has 0 bridgehead atoms. The first-order valence-electron chi connectivity index (χ1n) is 9.80. The number of ether oxygens (including phenoxy) is 1. The quantitative estimate of drug-likeness (QED) is 0.499. The lowest BCUT2D eigenvalue weighted by atomic mass is 10.1. The van der Waals surface area contributed by atoms with Crippen LogP contribution in [0.15, 0.2) is 97.3 Å². The molecule has 1 atom stereocenters. The molecule has 0 spiro atoms. The molecule has 5 nitrogen and oxygen atoms in total. The van der Waals surface area contributed by atoms with Crippen LogP contribution in [0.1, 0.15) is 33.4 Å². The number of rotatable bonds is 7. The summed E-state index contributed by atoms with van der Waals surface area (Å²) in [4.78, 5) is 17.5. The van der Waals surface area contributed by atoms with Crippen molar-refractivity contribution in [1.82, 2.24) is 14.9 Å². The third-order valence-corrected chi connectivity index (χ3v) is 4.87. The molecule has 0 unspecified atom stereocenters. The van der Waals surface area contributed by atoms with Gasteiger partial charge in [-0.25, -0.2) is 4.98 Å². The number of nitrogens with zero attached hydrogens (tertiary/aromatic N) is 2. The zero-order chi connectivity index (χ0) is 20.8. The van der Waals surface area contributed by atoms with Gasteiger partial charge in [0, 0.05) is 25.0 Å². The number of aryl methyl sites for hydroxylation is 1. The summed E-state index contributed by atoms with van der Waals surface area (Å²) < 4.78 is 7.78. The van der Waals surface area contributed by atoms with Gasteiger partial charge in [-0.3, -0.25) is 4.79 Å². The first-order valence-corrected chi connectivity index (χ1v) is 9.80. The van der Waals surface area contributed by atoms with Crippen LogP contribution in [0.4, 0.5) is 0 Å². The third-order valence-electron chi connectivity index (χ3n) is 4.87. The van der Waals surface area contributed by atoms with E-state index in [1.165, 1.54) is 0 Å². The van der Waals surface area contributed by atoms with E-state index in [1.807, 2.05) is 90.6 Å². The Morgan fingerprint density at radius 2 is 1.73 bits per heavy atom. The minimum Gasteiger partial charge on any atom is -0.489 e. The minimum absolute atomic E-state index is 0.183. The number of benzene rings is 3. The van der Waals surface area contributed by atoms with Crippen LogP contribution in [0.3, 0.4) is 0 Å². The Hall–Kier alpha value is -3.86. The number of imidazole rings is 1. The zero-order valence-corrected chi connectivity index (χ0v) is 16.7. The van der Waals surface area contributed by atoms with Crippen LogP contribution in [0.25, 0.3) is 0 Å². The molecule has 0 saturated heterocycles. The lowest BCUT2D eigenvalue weighted by Gasteiger charge is -2.19. The summed E-state index contributed by atoms with van der Waals surface area (Å²) in [7, 11) is 1.92. The lowest BCUT2D eigenvalue weighted by molar-refractivity contribution is 0.0940. The van der Waals surface area contributed by atoms with Gasteiger partial charge < -0.3 is 14.6 Å².